The summed E-state index contributed by atoms with van der Waals surface area (Å²) >= 11 is 0. The van der Waals surface area contributed by atoms with Gasteiger partial charge in [0.2, 0.25) is 0 Å². The van der Waals surface area contributed by atoms with E-state index < -0.39 is 0 Å². The first-order valence-corrected chi connectivity index (χ1v) is 5.27. The van der Waals surface area contributed by atoms with Crippen molar-refractivity contribution in [1.82, 2.24) is 29.9 Å². The summed E-state index contributed by atoms with van der Waals surface area (Å²) in [6.07, 6.45) is 11.3. The maximum Gasteiger partial charge on any atom is 0.116 e. The highest BCUT2D eigenvalue weighted by Crippen LogP contribution is 2.26. The Labute approximate surface area is 103 Å². The molecule has 0 aliphatic rings. The van der Waals surface area contributed by atoms with E-state index in [2.05, 4.69) is 29.9 Å². The van der Waals surface area contributed by atoms with E-state index in [0.29, 0.717) is 0 Å². The zero-order valence-corrected chi connectivity index (χ0v) is 9.30. The number of aromatic nitrogens is 6. The molecular weight excluding hydrogens is 228 g/mol. The highest BCUT2D eigenvalue weighted by Gasteiger charge is 2.10. The van der Waals surface area contributed by atoms with Crippen LogP contribution in [0.15, 0.2) is 49.8 Å². The zero-order chi connectivity index (χ0) is 12.2. The lowest BCUT2D eigenvalue weighted by Crippen LogP contribution is -1.93. The minimum absolute atomic E-state index is 0.754. The van der Waals surface area contributed by atoms with Gasteiger partial charge in [0.05, 0.1) is 11.4 Å². The van der Waals surface area contributed by atoms with Crippen LogP contribution < -0.4 is 0 Å². The summed E-state index contributed by atoms with van der Waals surface area (Å²) in [5.74, 6) is 0. The van der Waals surface area contributed by atoms with E-state index in [1.54, 1.807) is 24.8 Å². The van der Waals surface area contributed by atoms with E-state index in [0.717, 1.165) is 22.5 Å². The Kier molecular flexibility index (Phi) is 2.67. The van der Waals surface area contributed by atoms with Gasteiger partial charge in [0, 0.05) is 35.9 Å². The van der Waals surface area contributed by atoms with Crippen LogP contribution in [0.25, 0.3) is 22.5 Å². The first-order valence-electron chi connectivity index (χ1n) is 5.27. The Morgan fingerprint density at radius 2 is 1.50 bits per heavy atom. The molecule has 0 bridgehead atoms. The van der Waals surface area contributed by atoms with Crippen LogP contribution >= 0.6 is 0 Å². The summed E-state index contributed by atoms with van der Waals surface area (Å²) in [6, 6.07) is 1.81. The van der Waals surface area contributed by atoms with Crippen molar-refractivity contribution in [2.45, 2.75) is 0 Å². The summed E-state index contributed by atoms with van der Waals surface area (Å²) in [5.41, 5.74) is 3.18. The third-order valence-corrected chi connectivity index (χ3v) is 2.40. The monoisotopic (exact) mass is 236 g/mol. The maximum absolute atomic E-state index is 4.27. The number of hydrogen-bond acceptors (Lipinski definition) is 6. The molecule has 3 aromatic rings. The molecule has 3 rings (SSSR count). The van der Waals surface area contributed by atoms with Gasteiger partial charge in [-0.05, 0) is 6.07 Å². The first kappa shape index (κ1) is 10.4. The topological polar surface area (TPSA) is 77.3 Å². The van der Waals surface area contributed by atoms with Gasteiger partial charge < -0.3 is 0 Å². The zero-order valence-electron chi connectivity index (χ0n) is 9.30. The van der Waals surface area contributed by atoms with Crippen molar-refractivity contribution in [3.05, 3.63) is 49.8 Å². The molecule has 18 heavy (non-hydrogen) atoms. The van der Waals surface area contributed by atoms with Gasteiger partial charge in [-0.2, -0.15) is 0 Å². The molecule has 6 heteroatoms. The fraction of sp³-hybridized carbons (Fsp3) is 0. The molecule has 0 aliphatic heterocycles. The Bertz CT molecular complexity index is 582. The fourth-order valence-corrected chi connectivity index (χ4v) is 1.62. The first-order chi connectivity index (χ1) is 8.95. The molecule has 0 saturated heterocycles. The van der Waals surface area contributed by atoms with E-state index in [1.807, 2.05) is 6.07 Å². The van der Waals surface area contributed by atoms with E-state index in [9.17, 15) is 0 Å². The highest BCUT2D eigenvalue weighted by atomic mass is 14.9. The summed E-state index contributed by atoms with van der Waals surface area (Å²) < 4.78 is 0. The molecule has 0 unspecified atom stereocenters. The van der Waals surface area contributed by atoms with Gasteiger partial charge in [-0.3, -0.25) is 0 Å². The van der Waals surface area contributed by atoms with Gasteiger partial charge in [0.25, 0.3) is 0 Å². The normalized spacial score (nSPS) is 10.2. The summed E-state index contributed by atoms with van der Waals surface area (Å²) in [6.45, 7) is 0. The molecule has 3 heterocycles. The van der Waals surface area contributed by atoms with Crippen LogP contribution in [0.5, 0.6) is 0 Å². The Hall–Kier alpha value is -2.76. The van der Waals surface area contributed by atoms with Gasteiger partial charge in [0.15, 0.2) is 0 Å². The third kappa shape index (κ3) is 1.91. The van der Waals surface area contributed by atoms with Gasteiger partial charge in [-0.25, -0.2) is 29.9 Å². The van der Waals surface area contributed by atoms with Crippen molar-refractivity contribution in [3.8, 4) is 22.5 Å². The minimum atomic E-state index is 0.754. The van der Waals surface area contributed by atoms with E-state index in [-0.39, 0.29) is 0 Å². The summed E-state index contributed by atoms with van der Waals surface area (Å²) in [7, 11) is 0. The maximum atomic E-state index is 4.27. The van der Waals surface area contributed by atoms with Crippen molar-refractivity contribution < 1.29 is 0 Å². The van der Waals surface area contributed by atoms with Crippen LogP contribution in [0, 0.1) is 0 Å². The van der Waals surface area contributed by atoms with Crippen molar-refractivity contribution in [1.29, 1.82) is 0 Å². The number of rotatable bonds is 2. The van der Waals surface area contributed by atoms with Crippen molar-refractivity contribution in [3.63, 3.8) is 0 Å². The Morgan fingerprint density at radius 3 is 2.28 bits per heavy atom. The highest BCUT2D eigenvalue weighted by molar-refractivity contribution is 5.77. The summed E-state index contributed by atoms with van der Waals surface area (Å²) in [4.78, 5) is 24.4. The molecule has 0 radical (unpaired) electrons. The van der Waals surface area contributed by atoms with Crippen LogP contribution in [0.4, 0.5) is 0 Å². The third-order valence-electron chi connectivity index (χ3n) is 2.40. The SMILES string of the molecule is c1cc(-c2cncnc2-c2cncnc2)ncn1. The molecule has 0 aliphatic carbocycles. The quantitative estimate of drug-likeness (QED) is 0.669. The van der Waals surface area contributed by atoms with Gasteiger partial charge in [0.1, 0.15) is 19.0 Å². The van der Waals surface area contributed by atoms with Crippen molar-refractivity contribution >= 4 is 0 Å². The number of nitrogens with zero attached hydrogens (tertiary/aromatic N) is 6. The predicted octanol–water partition coefficient (Wildman–Crippen LogP) is 1.39. The molecule has 0 atom stereocenters. The van der Waals surface area contributed by atoms with Crippen LogP contribution in [0.1, 0.15) is 0 Å². The molecule has 0 fully saturated rings. The van der Waals surface area contributed by atoms with E-state index in [1.165, 1.54) is 19.0 Å². The van der Waals surface area contributed by atoms with Crippen LogP contribution in [0.2, 0.25) is 0 Å². The molecule has 0 spiro atoms. The second-order valence-electron chi connectivity index (χ2n) is 3.51. The minimum Gasteiger partial charge on any atom is -0.245 e. The average Bonchev–Trinajstić information content (AvgIpc) is 2.49. The van der Waals surface area contributed by atoms with Gasteiger partial charge in [-0.15, -0.1) is 0 Å². The molecule has 0 amide bonds. The standard InChI is InChI=1S/C12H8N6/c1-2-13-7-17-11(1)10-5-16-8-18-12(10)9-3-14-6-15-4-9/h1-8H. The largest absolute Gasteiger partial charge is 0.245 e. The van der Waals surface area contributed by atoms with Crippen molar-refractivity contribution in [2.75, 3.05) is 0 Å². The molecule has 6 nitrogen and oxygen atoms in total. The smallest absolute Gasteiger partial charge is 0.116 e. The summed E-state index contributed by atoms with van der Waals surface area (Å²) in [5, 5.41) is 0. The van der Waals surface area contributed by atoms with E-state index >= 15 is 0 Å². The molecule has 3 aromatic heterocycles. The molecule has 0 saturated carbocycles. The lowest BCUT2D eigenvalue weighted by Gasteiger charge is -2.05. The average molecular weight is 236 g/mol. The van der Waals surface area contributed by atoms with Crippen LogP contribution in [-0.2, 0) is 0 Å². The molecule has 86 valence electrons. The van der Waals surface area contributed by atoms with Crippen LogP contribution in [-0.4, -0.2) is 29.9 Å². The Morgan fingerprint density at radius 1 is 0.722 bits per heavy atom. The molecule has 0 N–H and O–H groups in total. The predicted molar refractivity (Wildman–Crippen MR) is 64.1 cm³/mol. The van der Waals surface area contributed by atoms with Crippen LogP contribution in [0.3, 0.4) is 0 Å². The van der Waals surface area contributed by atoms with Gasteiger partial charge >= 0.3 is 0 Å². The van der Waals surface area contributed by atoms with Crippen molar-refractivity contribution in [2.24, 2.45) is 0 Å². The lowest BCUT2D eigenvalue weighted by molar-refractivity contribution is 1.12. The second kappa shape index (κ2) is 4.62. The van der Waals surface area contributed by atoms with Gasteiger partial charge in [-0.1, -0.05) is 0 Å². The van der Waals surface area contributed by atoms with E-state index in [4.69, 9.17) is 0 Å². The Balaban J connectivity index is 2.18. The second-order valence-corrected chi connectivity index (χ2v) is 3.51. The lowest BCUT2D eigenvalue weighted by atomic mass is 10.1. The number of hydrogen-bond donors (Lipinski definition) is 0. The molecular formula is C12H8N6. The molecule has 0 aromatic carbocycles. The fourth-order valence-electron chi connectivity index (χ4n) is 1.62.